The van der Waals surface area contributed by atoms with Crippen LogP contribution >= 0.6 is 0 Å². The Morgan fingerprint density at radius 1 is 0.842 bits per heavy atom. The monoisotopic (exact) mass is 274 g/mol. The van der Waals surface area contributed by atoms with Gasteiger partial charge in [0.2, 0.25) is 0 Å². The van der Waals surface area contributed by atoms with Crippen LogP contribution in [0, 0.1) is 0 Å². The number of aliphatic carboxylic acids is 1. The summed E-state index contributed by atoms with van der Waals surface area (Å²) in [7, 11) is 0. The minimum atomic E-state index is -0.717. The maximum atomic E-state index is 10.3. The summed E-state index contributed by atoms with van der Waals surface area (Å²) < 4.78 is 0. The molecule has 0 aromatic heterocycles. The fourth-order valence-electron chi connectivity index (χ4n) is 2.06. The summed E-state index contributed by atoms with van der Waals surface area (Å²) in [5, 5.41) is 11.6. The molecule has 0 atom stereocenters. The Labute approximate surface area is 118 Å². The van der Waals surface area contributed by atoms with E-state index in [-0.39, 0.29) is 12.6 Å². The van der Waals surface area contributed by atoms with E-state index in [0.29, 0.717) is 6.54 Å². The van der Waals surface area contributed by atoms with Gasteiger partial charge >= 0.3 is 5.97 Å². The summed E-state index contributed by atoms with van der Waals surface area (Å²) >= 11 is 0. The molecule has 0 aromatic carbocycles. The van der Waals surface area contributed by atoms with Gasteiger partial charge in [-0.3, -0.25) is 4.79 Å². The lowest BCUT2D eigenvalue weighted by atomic mass is 10.1. The zero-order valence-corrected chi connectivity index (χ0v) is 12.8. The lowest BCUT2D eigenvalue weighted by molar-refractivity contribution is -0.136. The van der Waals surface area contributed by atoms with Gasteiger partial charge in [-0.25, -0.2) is 0 Å². The quantitative estimate of drug-likeness (QED) is 0.416. The Balaban J connectivity index is 0. The SMILES string of the molecule is CCCCCCCCCCCCNCCC(=O)O.N. The number of rotatable bonds is 14. The van der Waals surface area contributed by atoms with E-state index in [4.69, 9.17) is 5.11 Å². The van der Waals surface area contributed by atoms with Gasteiger partial charge in [0.1, 0.15) is 0 Å². The summed E-state index contributed by atoms with van der Waals surface area (Å²) in [6.45, 7) is 3.82. The van der Waals surface area contributed by atoms with Gasteiger partial charge in [-0.1, -0.05) is 64.7 Å². The standard InChI is InChI=1S/C15H31NO2.H3N/c1-2-3-4-5-6-7-8-9-10-11-13-16-14-12-15(17)18;/h16H,2-14H2,1H3,(H,17,18);1H3. The zero-order chi connectivity index (χ0) is 13.5. The first-order valence-electron chi connectivity index (χ1n) is 7.70. The first kappa shape index (κ1) is 20.7. The van der Waals surface area contributed by atoms with Crippen molar-refractivity contribution in [3.05, 3.63) is 0 Å². The van der Waals surface area contributed by atoms with Gasteiger partial charge in [-0.05, 0) is 13.0 Å². The van der Waals surface area contributed by atoms with Gasteiger partial charge in [-0.2, -0.15) is 0 Å². The van der Waals surface area contributed by atoms with E-state index in [1.54, 1.807) is 0 Å². The average Bonchev–Trinajstić information content (AvgIpc) is 2.34. The molecule has 4 heteroatoms. The van der Waals surface area contributed by atoms with Crippen molar-refractivity contribution in [1.82, 2.24) is 11.5 Å². The van der Waals surface area contributed by atoms with Crippen LogP contribution in [0.4, 0.5) is 0 Å². The predicted molar refractivity (Wildman–Crippen MR) is 82.0 cm³/mol. The molecule has 0 spiro atoms. The molecule has 0 radical (unpaired) electrons. The van der Waals surface area contributed by atoms with Gasteiger partial charge in [0.05, 0.1) is 6.42 Å². The number of carboxylic acids is 1. The van der Waals surface area contributed by atoms with E-state index in [1.165, 1.54) is 64.2 Å². The first-order valence-corrected chi connectivity index (χ1v) is 7.70. The van der Waals surface area contributed by atoms with Gasteiger partial charge in [0, 0.05) is 6.54 Å². The third-order valence-corrected chi connectivity index (χ3v) is 3.22. The summed E-state index contributed by atoms with van der Waals surface area (Å²) in [5.74, 6) is -0.717. The van der Waals surface area contributed by atoms with Crippen LogP contribution in [0.25, 0.3) is 0 Å². The third kappa shape index (κ3) is 19.9. The highest BCUT2D eigenvalue weighted by Crippen LogP contribution is 2.10. The van der Waals surface area contributed by atoms with E-state index < -0.39 is 5.97 Å². The molecule has 4 nitrogen and oxygen atoms in total. The molecule has 0 rings (SSSR count). The Morgan fingerprint density at radius 3 is 1.79 bits per heavy atom. The zero-order valence-electron chi connectivity index (χ0n) is 12.8. The van der Waals surface area contributed by atoms with Crippen molar-refractivity contribution in [3.63, 3.8) is 0 Å². The van der Waals surface area contributed by atoms with Crippen molar-refractivity contribution in [2.75, 3.05) is 13.1 Å². The van der Waals surface area contributed by atoms with Crippen molar-refractivity contribution in [2.24, 2.45) is 0 Å². The van der Waals surface area contributed by atoms with Crippen LogP contribution in [0.15, 0.2) is 0 Å². The van der Waals surface area contributed by atoms with Crippen LogP contribution in [0.5, 0.6) is 0 Å². The average molecular weight is 274 g/mol. The molecule has 0 amide bonds. The molecule has 0 bridgehead atoms. The summed E-state index contributed by atoms with van der Waals surface area (Å²) in [5.41, 5.74) is 0. The topological polar surface area (TPSA) is 84.3 Å². The molecule has 0 fully saturated rings. The molecular weight excluding hydrogens is 240 g/mol. The maximum Gasteiger partial charge on any atom is 0.304 e. The third-order valence-electron chi connectivity index (χ3n) is 3.22. The number of hydrogen-bond donors (Lipinski definition) is 3. The van der Waals surface area contributed by atoms with Crippen LogP contribution in [-0.4, -0.2) is 24.2 Å². The van der Waals surface area contributed by atoms with Crippen molar-refractivity contribution < 1.29 is 9.90 Å². The highest BCUT2D eigenvalue weighted by molar-refractivity contribution is 5.66. The van der Waals surface area contributed by atoms with E-state index in [9.17, 15) is 4.79 Å². The van der Waals surface area contributed by atoms with Gasteiger partial charge in [0.25, 0.3) is 0 Å². The molecule has 0 aliphatic rings. The Morgan fingerprint density at radius 2 is 1.32 bits per heavy atom. The van der Waals surface area contributed by atoms with Crippen LogP contribution in [-0.2, 0) is 4.79 Å². The number of carbonyl (C=O) groups is 1. The molecule has 0 heterocycles. The normalized spacial score (nSPS) is 10.2. The first-order chi connectivity index (χ1) is 8.77. The maximum absolute atomic E-state index is 10.3. The van der Waals surface area contributed by atoms with Crippen molar-refractivity contribution in [1.29, 1.82) is 0 Å². The summed E-state index contributed by atoms with van der Waals surface area (Å²) in [6, 6.07) is 0. The molecule has 0 aromatic rings. The van der Waals surface area contributed by atoms with Crippen LogP contribution in [0.3, 0.4) is 0 Å². The Kier molecular flexibility index (Phi) is 18.9. The molecule has 0 saturated heterocycles. The smallest absolute Gasteiger partial charge is 0.304 e. The van der Waals surface area contributed by atoms with Crippen LogP contribution in [0.1, 0.15) is 77.6 Å². The number of unbranched alkanes of at least 4 members (excludes halogenated alkanes) is 9. The van der Waals surface area contributed by atoms with E-state index >= 15 is 0 Å². The number of hydrogen-bond acceptors (Lipinski definition) is 3. The Bertz CT molecular complexity index is 187. The molecule has 116 valence electrons. The highest BCUT2D eigenvalue weighted by Gasteiger charge is 1.95. The molecule has 0 saturated carbocycles. The summed E-state index contributed by atoms with van der Waals surface area (Å²) in [4.78, 5) is 10.3. The molecule has 5 N–H and O–H groups in total. The lowest BCUT2D eigenvalue weighted by Gasteiger charge is -2.03. The Hall–Kier alpha value is -0.610. The molecule has 0 unspecified atom stereocenters. The molecule has 19 heavy (non-hydrogen) atoms. The minimum absolute atomic E-state index is 0. The second-order valence-corrected chi connectivity index (χ2v) is 5.08. The molecule has 0 aliphatic carbocycles. The fourth-order valence-corrected chi connectivity index (χ4v) is 2.06. The lowest BCUT2D eigenvalue weighted by Crippen LogP contribution is -2.19. The second kappa shape index (κ2) is 17.4. The van der Waals surface area contributed by atoms with Crippen molar-refractivity contribution >= 4 is 5.97 Å². The fraction of sp³-hybridized carbons (Fsp3) is 0.933. The summed E-state index contributed by atoms with van der Waals surface area (Å²) in [6.07, 6.45) is 13.7. The van der Waals surface area contributed by atoms with Gasteiger partial charge in [-0.15, -0.1) is 0 Å². The predicted octanol–water partition coefficient (Wildman–Crippen LogP) is 4.13. The van der Waals surface area contributed by atoms with E-state index in [2.05, 4.69) is 12.2 Å². The van der Waals surface area contributed by atoms with E-state index in [0.717, 1.165) is 6.54 Å². The second-order valence-electron chi connectivity index (χ2n) is 5.08. The van der Waals surface area contributed by atoms with E-state index in [1.807, 2.05) is 0 Å². The van der Waals surface area contributed by atoms with Gasteiger partial charge < -0.3 is 16.6 Å². The van der Waals surface area contributed by atoms with Crippen molar-refractivity contribution in [2.45, 2.75) is 77.6 Å². The van der Waals surface area contributed by atoms with Gasteiger partial charge in [0.15, 0.2) is 0 Å². The van der Waals surface area contributed by atoms with Crippen LogP contribution in [0.2, 0.25) is 0 Å². The number of nitrogens with one attached hydrogen (secondary N) is 1. The highest BCUT2D eigenvalue weighted by atomic mass is 16.4. The molecule has 0 aliphatic heterocycles. The molecular formula is C15H34N2O2. The largest absolute Gasteiger partial charge is 0.481 e. The van der Waals surface area contributed by atoms with Crippen LogP contribution < -0.4 is 11.5 Å². The number of carboxylic acid groups (broad SMARTS) is 1. The minimum Gasteiger partial charge on any atom is -0.481 e. The van der Waals surface area contributed by atoms with Crippen molar-refractivity contribution in [3.8, 4) is 0 Å².